The Bertz CT molecular complexity index is 706. The van der Waals surface area contributed by atoms with E-state index in [9.17, 15) is 8.42 Å². The molecule has 3 rings (SSSR count). The van der Waals surface area contributed by atoms with Crippen molar-refractivity contribution in [2.45, 2.75) is 36.7 Å². The maximum atomic E-state index is 12.5. The lowest BCUT2D eigenvalue weighted by Crippen LogP contribution is -2.26. The van der Waals surface area contributed by atoms with Crippen LogP contribution in [-0.2, 0) is 10.0 Å². The lowest BCUT2D eigenvalue weighted by molar-refractivity contribution is 0.210. The molecule has 7 heteroatoms. The quantitative estimate of drug-likeness (QED) is 0.839. The van der Waals surface area contributed by atoms with Crippen LogP contribution in [0.2, 0.25) is 0 Å². The van der Waals surface area contributed by atoms with E-state index in [0.717, 1.165) is 18.6 Å². The Kier molecular flexibility index (Phi) is 4.35. The van der Waals surface area contributed by atoms with Crippen LogP contribution >= 0.6 is 11.3 Å². The number of thiazole rings is 1. The van der Waals surface area contributed by atoms with Crippen molar-refractivity contribution >= 4 is 26.5 Å². The molecule has 0 saturated heterocycles. The number of sulfonamides is 1. The monoisotopic (exact) mass is 338 g/mol. The molecular weight excluding hydrogens is 320 g/mol. The summed E-state index contributed by atoms with van der Waals surface area (Å²) < 4.78 is 32.1. The second kappa shape index (κ2) is 6.26. The number of rotatable bonds is 5. The van der Waals surface area contributed by atoms with Gasteiger partial charge in [-0.15, -0.1) is 11.3 Å². The van der Waals surface area contributed by atoms with Gasteiger partial charge in [-0.1, -0.05) is 0 Å². The summed E-state index contributed by atoms with van der Waals surface area (Å²) in [4.78, 5) is 4.27. The van der Waals surface area contributed by atoms with Crippen molar-refractivity contribution in [3.05, 3.63) is 35.8 Å². The molecule has 1 saturated carbocycles. The first-order valence-electron chi connectivity index (χ1n) is 7.22. The fourth-order valence-electron chi connectivity index (χ4n) is 2.52. The molecule has 1 aliphatic carbocycles. The second-order valence-corrected chi connectivity index (χ2v) is 8.13. The van der Waals surface area contributed by atoms with E-state index in [0.29, 0.717) is 5.13 Å². The molecular formula is C15H18N2O3S2. The van der Waals surface area contributed by atoms with E-state index in [-0.39, 0.29) is 11.0 Å². The van der Waals surface area contributed by atoms with Crippen LogP contribution in [0.1, 0.15) is 25.7 Å². The van der Waals surface area contributed by atoms with Gasteiger partial charge in [0.2, 0.25) is 0 Å². The normalized spacial score (nSPS) is 15.9. The fraction of sp³-hybridized carbons (Fsp3) is 0.400. The van der Waals surface area contributed by atoms with E-state index >= 15 is 0 Å². The molecule has 1 aliphatic rings. The minimum Gasteiger partial charge on any atom is -0.490 e. The van der Waals surface area contributed by atoms with Crippen LogP contribution in [0.15, 0.2) is 40.7 Å². The third-order valence-corrected chi connectivity index (χ3v) is 6.50. The van der Waals surface area contributed by atoms with E-state index in [4.69, 9.17) is 4.74 Å². The molecule has 118 valence electrons. The van der Waals surface area contributed by atoms with E-state index in [1.165, 1.54) is 35.5 Å². The average molecular weight is 338 g/mol. The Hall–Kier alpha value is -1.60. The molecule has 0 unspecified atom stereocenters. The van der Waals surface area contributed by atoms with Crippen molar-refractivity contribution in [1.29, 1.82) is 0 Å². The fourth-order valence-corrected chi connectivity index (χ4v) is 4.51. The summed E-state index contributed by atoms with van der Waals surface area (Å²) in [6, 6.07) is 6.62. The summed E-state index contributed by atoms with van der Waals surface area (Å²) in [6.07, 6.45) is 6.41. The standard InChI is InChI=1S/C15H18N2O3S2/c1-17(15-16-10-11-21-15)22(18,19)14-8-6-13(7-9-14)20-12-4-2-3-5-12/h6-12H,2-5H2,1H3. The molecule has 1 aromatic carbocycles. The van der Waals surface area contributed by atoms with Crippen LogP contribution in [0.5, 0.6) is 5.75 Å². The molecule has 1 aromatic heterocycles. The Balaban J connectivity index is 1.76. The molecule has 0 aliphatic heterocycles. The lowest BCUT2D eigenvalue weighted by atomic mass is 10.3. The number of benzene rings is 1. The molecule has 1 fully saturated rings. The Morgan fingerprint density at radius 2 is 1.91 bits per heavy atom. The van der Waals surface area contributed by atoms with Crippen LogP contribution in [0.25, 0.3) is 0 Å². The second-order valence-electron chi connectivity index (χ2n) is 5.28. The SMILES string of the molecule is CN(c1nccs1)S(=O)(=O)c1ccc(OC2CCCC2)cc1. The van der Waals surface area contributed by atoms with E-state index in [1.807, 2.05) is 0 Å². The van der Waals surface area contributed by atoms with E-state index < -0.39 is 10.0 Å². The van der Waals surface area contributed by atoms with Crippen LogP contribution in [0.4, 0.5) is 5.13 Å². The number of ether oxygens (including phenoxy) is 1. The highest BCUT2D eigenvalue weighted by Gasteiger charge is 2.23. The largest absolute Gasteiger partial charge is 0.490 e. The predicted molar refractivity (Wildman–Crippen MR) is 87.0 cm³/mol. The minimum atomic E-state index is -3.58. The summed E-state index contributed by atoms with van der Waals surface area (Å²) in [7, 11) is -2.07. The van der Waals surface area contributed by atoms with E-state index in [2.05, 4.69) is 4.98 Å². The zero-order valence-electron chi connectivity index (χ0n) is 12.3. The first kappa shape index (κ1) is 15.3. The van der Waals surface area contributed by atoms with Crippen LogP contribution in [-0.4, -0.2) is 26.6 Å². The van der Waals surface area contributed by atoms with Gasteiger partial charge in [0.15, 0.2) is 5.13 Å². The molecule has 5 nitrogen and oxygen atoms in total. The summed E-state index contributed by atoms with van der Waals surface area (Å²) in [5, 5.41) is 2.20. The highest BCUT2D eigenvalue weighted by molar-refractivity contribution is 7.93. The number of hydrogen-bond donors (Lipinski definition) is 0. The van der Waals surface area contributed by atoms with Gasteiger partial charge in [0.1, 0.15) is 5.75 Å². The number of hydrogen-bond acceptors (Lipinski definition) is 5. The highest BCUT2D eigenvalue weighted by atomic mass is 32.2. The first-order chi connectivity index (χ1) is 10.6. The highest BCUT2D eigenvalue weighted by Crippen LogP contribution is 2.27. The predicted octanol–water partition coefficient (Wildman–Crippen LogP) is 3.29. The van der Waals surface area contributed by atoms with Crippen LogP contribution in [0.3, 0.4) is 0 Å². The molecule has 0 amide bonds. The Labute approximate surface area is 134 Å². The van der Waals surface area contributed by atoms with Crippen molar-refractivity contribution in [1.82, 2.24) is 4.98 Å². The summed E-state index contributed by atoms with van der Waals surface area (Å²) in [6.45, 7) is 0. The number of aromatic nitrogens is 1. The summed E-state index contributed by atoms with van der Waals surface area (Å²) in [5.41, 5.74) is 0. The Morgan fingerprint density at radius 1 is 1.23 bits per heavy atom. The van der Waals surface area contributed by atoms with Gasteiger partial charge in [-0.05, 0) is 49.9 Å². The average Bonchev–Trinajstić information content (AvgIpc) is 3.20. The van der Waals surface area contributed by atoms with Crippen LogP contribution < -0.4 is 9.04 Å². The van der Waals surface area contributed by atoms with Crippen molar-refractivity contribution in [3.8, 4) is 5.75 Å². The van der Waals surface area contributed by atoms with Gasteiger partial charge in [-0.3, -0.25) is 0 Å². The summed E-state index contributed by atoms with van der Waals surface area (Å²) >= 11 is 1.29. The van der Waals surface area contributed by atoms with Gasteiger partial charge in [0.05, 0.1) is 11.0 Å². The van der Waals surface area contributed by atoms with E-state index in [1.54, 1.807) is 35.8 Å². The molecule has 0 atom stereocenters. The van der Waals surface area contributed by atoms with Crippen LogP contribution in [0, 0.1) is 0 Å². The number of anilines is 1. The molecule has 22 heavy (non-hydrogen) atoms. The molecule has 1 heterocycles. The van der Waals surface area contributed by atoms with Crippen molar-refractivity contribution < 1.29 is 13.2 Å². The van der Waals surface area contributed by atoms with Gasteiger partial charge in [0, 0.05) is 18.6 Å². The molecule has 0 radical (unpaired) electrons. The zero-order chi connectivity index (χ0) is 15.6. The lowest BCUT2D eigenvalue weighted by Gasteiger charge is -2.17. The maximum Gasteiger partial charge on any atom is 0.265 e. The van der Waals surface area contributed by atoms with Gasteiger partial charge in [-0.2, -0.15) is 0 Å². The third-order valence-electron chi connectivity index (χ3n) is 3.78. The van der Waals surface area contributed by atoms with Crippen molar-refractivity contribution in [2.24, 2.45) is 0 Å². The van der Waals surface area contributed by atoms with Crippen molar-refractivity contribution in [3.63, 3.8) is 0 Å². The smallest absolute Gasteiger partial charge is 0.265 e. The third kappa shape index (κ3) is 3.10. The molecule has 0 spiro atoms. The maximum absolute atomic E-state index is 12.5. The van der Waals surface area contributed by atoms with Gasteiger partial charge >= 0.3 is 0 Å². The molecule has 0 N–H and O–H groups in total. The van der Waals surface area contributed by atoms with Crippen molar-refractivity contribution in [2.75, 3.05) is 11.4 Å². The topological polar surface area (TPSA) is 59.5 Å². The van der Waals surface area contributed by atoms with Gasteiger partial charge in [0.25, 0.3) is 10.0 Å². The van der Waals surface area contributed by atoms with Gasteiger partial charge < -0.3 is 4.74 Å². The Morgan fingerprint density at radius 3 is 2.50 bits per heavy atom. The number of nitrogens with zero attached hydrogens (tertiary/aromatic N) is 2. The molecule has 2 aromatic rings. The summed E-state index contributed by atoms with van der Waals surface area (Å²) in [5.74, 6) is 0.725. The molecule has 0 bridgehead atoms. The first-order valence-corrected chi connectivity index (χ1v) is 9.54. The minimum absolute atomic E-state index is 0.240. The van der Waals surface area contributed by atoms with Gasteiger partial charge in [-0.25, -0.2) is 17.7 Å². The zero-order valence-corrected chi connectivity index (χ0v) is 13.9.